The van der Waals surface area contributed by atoms with Crippen LogP contribution in [-0.2, 0) is 9.59 Å². The first-order chi connectivity index (χ1) is 12.5. The number of nitrogens with one attached hydrogen (secondary N) is 1. The van der Waals surface area contributed by atoms with Crippen molar-refractivity contribution in [2.24, 2.45) is 16.6 Å². The van der Waals surface area contributed by atoms with Gasteiger partial charge < -0.3 is 15.8 Å². The number of para-hydroxylation sites is 2. The highest BCUT2D eigenvalue weighted by atomic mass is 32.1. The maximum Gasteiger partial charge on any atom is 0.251 e. The van der Waals surface area contributed by atoms with Gasteiger partial charge in [-0.3, -0.25) is 19.5 Å². The summed E-state index contributed by atoms with van der Waals surface area (Å²) in [5.41, 5.74) is 6.58. The summed E-state index contributed by atoms with van der Waals surface area (Å²) >= 11 is 5.20. The smallest absolute Gasteiger partial charge is 0.251 e. The zero-order chi connectivity index (χ0) is 18.7. The molecule has 1 aliphatic carbocycles. The second-order valence-electron chi connectivity index (χ2n) is 6.43. The second kappa shape index (κ2) is 7.92. The molecule has 0 radical (unpaired) electrons. The lowest BCUT2D eigenvalue weighted by Crippen LogP contribution is -2.58. The fourth-order valence-electron chi connectivity index (χ4n) is 3.29. The molecule has 3 rings (SSSR count). The van der Waals surface area contributed by atoms with Crippen LogP contribution >= 0.6 is 12.2 Å². The van der Waals surface area contributed by atoms with Gasteiger partial charge in [-0.25, -0.2) is 0 Å². The minimum atomic E-state index is -1.04. The quantitative estimate of drug-likeness (QED) is 0.472. The molecule has 1 saturated heterocycles. The number of nitrogens with zero attached hydrogens (tertiary/aromatic N) is 2. The summed E-state index contributed by atoms with van der Waals surface area (Å²) in [4.78, 5) is 31.0. The highest BCUT2D eigenvalue weighted by Crippen LogP contribution is 2.30. The molecule has 7 nitrogen and oxygen atoms in total. The Morgan fingerprint density at radius 1 is 1.31 bits per heavy atom. The lowest BCUT2D eigenvalue weighted by Gasteiger charge is -2.32. The minimum Gasteiger partial charge on any atom is -0.495 e. The van der Waals surface area contributed by atoms with Gasteiger partial charge in [0.05, 0.1) is 18.8 Å². The van der Waals surface area contributed by atoms with E-state index in [4.69, 9.17) is 22.7 Å². The van der Waals surface area contributed by atoms with Crippen LogP contribution in [0.15, 0.2) is 29.3 Å². The first-order valence-electron chi connectivity index (χ1n) is 8.63. The SMILES string of the molecule is COc1ccccc1N1C(=O)[C@H](C=N[C@@H]2CCCC[C@H]2N)C(=O)NC1=S. The number of carbonyl (C=O) groups excluding carboxylic acids is 2. The van der Waals surface area contributed by atoms with Gasteiger partial charge in [-0.05, 0) is 37.2 Å². The third kappa shape index (κ3) is 3.61. The standard InChI is InChI=1S/C18H22N4O3S/c1-25-15-9-5-4-8-14(15)22-17(24)11(16(23)21-18(22)26)10-20-13-7-3-2-6-12(13)19/h4-5,8-13H,2-3,6-7,19H2,1H3,(H,21,23,26)/t11-,12-,13-/m1/s1. The zero-order valence-electron chi connectivity index (χ0n) is 14.6. The number of ether oxygens (including phenoxy) is 1. The van der Waals surface area contributed by atoms with E-state index >= 15 is 0 Å². The molecule has 26 heavy (non-hydrogen) atoms. The molecule has 138 valence electrons. The molecule has 1 heterocycles. The minimum absolute atomic E-state index is 0.0310. The van der Waals surface area contributed by atoms with Crippen LogP contribution in [0.5, 0.6) is 5.75 Å². The Bertz CT molecular complexity index is 752. The van der Waals surface area contributed by atoms with Crippen LogP contribution in [-0.4, -0.2) is 42.3 Å². The molecule has 2 fully saturated rings. The lowest BCUT2D eigenvalue weighted by molar-refractivity contribution is -0.130. The van der Waals surface area contributed by atoms with Crippen molar-refractivity contribution < 1.29 is 14.3 Å². The summed E-state index contributed by atoms with van der Waals surface area (Å²) in [5, 5.41) is 2.61. The van der Waals surface area contributed by atoms with Crippen molar-refractivity contribution in [3.05, 3.63) is 24.3 Å². The van der Waals surface area contributed by atoms with E-state index in [1.807, 2.05) is 0 Å². The summed E-state index contributed by atoms with van der Waals surface area (Å²) in [5.74, 6) is -1.47. The molecule has 2 aliphatic rings. The first kappa shape index (κ1) is 18.5. The van der Waals surface area contributed by atoms with E-state index < -0.39 is 17.7 Å². The Morgan fingerprint density at radius 2 is 2.04 bits per heavy atom. The lowest BCUT2D eigenvalue weighted by atomic mass is 9.91. The Balaban J connectivity index is 1.86. The summed E-state index contributed by atoms with van der Waals surface area (Å²) in [7, 11) is 1.51. The van der Waals surface area contributed by atoms with Gasteiger partial charge in [-0.2, -0.15) is 0 Å². The highest BCUT2D eigenvalue weighted by molar-refractivity contribution is 7.80. The molecule has 0 unspecified atom stereocenters. The second-order valence-corrected chi connectivity index (χ2v) is 6.82. The number of benzene rings is 1. The summed E-state index contributed by atoms with van der Waals surface area (Å²) in [6, 6.07) is 6.92. The molecule has 1 aromatic rings. The molecular weight excluding hydrogens is 352 g/mol. The molecule has 0 spiro atoms. The number of anilines is 1. The van der Waals surface area contributed by atoms with Gasteiger partial charge in [0.15, 0.2) is 11.0 Å². The molecule has 1 aromatic carbocycles. The maximum atomic E-state index is 13.0. The van der Waals surface area contributed by atoms with Crippen LogP contribution < -0.4 is 20.7 Å². The van der Waals surface area contributed by atoms with E-state index in [-0.39, 0.29) is 17.2 Å². The number of hydrogen-bond acceptors (Lipinski definition) is 6. The van der Waals surface area contributed by atoms with Gasteiger partial charge in [0.2, 0.25) is 5.91 Å². The number of hydrogen-bond donors (Lipinski definition) is 2. The topological polar surface area (TPSA) is 97.0 Å². The largest absolute Gasteiger partial charge is 0.495 e. The molecular formula is C18H22N4O3S. The Morgan fingerprint density at radius 3 is 2.77 bits per heavy atom. The molecule has 0 aromatic heterocycles. The summed E-state index contributed by atoms with van der Waals surface area (Å²) in [6.45, 7) is 0. The predicted molar refractivity (Wildman–Crippen MR) is 103 cm³/mol. The van der Waals surface area contributed by atoms with Crippen LogP contribution in [0.4, 0.5) is 5.69 Å². The number of nitrogens with two attached hydrogens (primary N) is 1. The summed E-state index contributed by atoms with van der Waals surface area (Å²) < 4.78 is 5.31. The third-order valence-corrected chi connectivity index (χ3v) is 5.02. The van der Waals surface area contributed by atoms with Gasteiger partial charge in [0.1, 0.15) is 5.75 Å². The van der Waals surface area contributed by atoms with Crippen molar-refractivity contribution in [2.75, 3.05) is 12.0 Å². The maximum absolute atomic E-state index is 13.0. The number of aliphatic imine (C=N–C) groups is 1. The average molecular weight is 374 g/mol. The molecule has 1 saturated carbocycles. The Hall–Kier alpha value is -2.32. The molecule has 8 heteroatoms. The van der Waals surface area contributed by atoms with Gasteiger partial charge in [-0.1, -0.05) is 25.0 Å². The number of amides is 2. The van der Waals surface area contributed by atoms with E-state index in [1.54, 1.807) is 24.3 Å². The van der Waals surface area contributed by atoms with Crippen molar-refractivity contribution in [1.29, 1.82) is 0 Å². The van der Waals surface area contributed by atoms with Crippen LogP contribution in [0.1, 0.15) is 25.7 Å². The summed E-state index contributed by atoms with van der Waals surface area (Å²) in [6.07, 6.45) is 5.33. The number of rotatable bonds is 4. The van der Waals surface area contributed by atoms with E-state index in [0.717, 1.165) is 25.7 Å². The molecule has 2 amide bonds. The van der Waals surface area contributed by atoms with Gasteiger partial charge in [-0.15, -0.1) is 0 Å². The first-order valence-corrected chi connectivity index (χ1v) is 9.04. The Labute approximate surface area is 157 Å². The number of methoxy groups -OCH3 is 1. The van der Waals surface area contributed by atoms with Crippen molar-refractivity contribution >= 4 is 41.0 Å². The van der Waals surface area contributed by atoms with E-state index in [9.17, 15) is 9.59 Å². The van der Waals surface area contributed by atoms with Crippen LogP contribution in [0, 0.1) is 5.92 Å². The van der Waals surface area contributed by atoms with Crippen LogP contribution in [0.2, 0.25) is 0 Å². The van der Waals surface area contributed by atoms with E-state index in [1.165, 1.54) is 18.2 Å². The van der Waals surface area contributed by atoms with Crippen molar-refractivity contribution in [3.63, 3.8) is 0 Å². The van der Waals surface area contributed by atoms with Crippen LogP contribution in [0.25, 0.3) is 0 Å². The third-order valence-electron chi connectivity index (χ3n) is 4.74. The van der Waals surface area contributed by atoms with Gasteiger partial charge in [0, 0.05) is 12.3 Å². The molecule has 0 bridgehead atoms. The number of carbonyl (C=O) groups is 2. The van der Waals surface area contributed by atoms with Crippen molar-refractivity contribution in [1.82, 2.24) is 5.32 Å². The fourth-order valence-corrected chi connectivity index (χ4v) is 3.58. The van der Waals surface area contributed by atoms with Crippen molar-refractivity contribution in [2.45, 2.75) is 37.8 Å². The monoisotopic (exact) mass is 374 g/mol. The van der Waals surface area contributed by atoms with Gasteiger partial charge in [0.25, 0.3) is 5.91 Å². The zero-order valence-corrected chi connectivity index (χ0v) is 15.4. The Kier molecular flexibility index (Phi) is 5.63. The van der Waals surface area contributed by atoms with Crippen molar-refractivity contribution in [3.8, 4) is 5.75 Å². The van der Waals surface area contributed by atoms with Gasteiger partial charge >= 0.3 is 0 Å². The highest BCUT2D eigenvalue weighted by Gasteiger charge is 2.39. The van der Waals surface area contributed by atoms with Crippen LogP contribution in [0.3, 0.4) is 0 Å². The number of thiocarbonyl (C=S) groups is 1. The van der Waals surface area contributed by atoms with E-state index in [2.05, 4.69) is 10.3 Å². The predicted octanol–water partition coefficient (Wildman–Crippen LogP) is 1.40. The average Bonchev–Trinajstić information content (AvgIpc) is 2.63. The normalized spacial score (nSPS) is 26.9. The molecule has 3 atom stereocenters. The van der Waals surface area contributed by atoms with E-state index in [0.29, 0.717) is 11.4 Å². The fraction of sp³-hybridized carbons (Fsp3) is 0.444. The molecule has 3 N–H and O–H groups in total. The molecule has 1 aliphatic heterocycles.